The maximum Gasteiger partial charge on any atom is 0.242 e. The monoisotopic (exact) mass is 346 g/mol. The molecule has 1 aromatic rings. The third-order valence-electron chi connectivity index (χ3n) is 3.25. The van der Waals surface area contributed by atoms with Gasteiger partial charge in [-0.2, -0.15) is 0 Å². The minimum atomic E-state index is -3.46. The minimum Gasteiger partial charge on any atom is -0.313 e. The van der Waals surface area contributed by atoms with E-state index in [4.69, 9.17) is 0 Å². The van der Waals surface area contributed by atoms with E-state index in [1.807, 2.05) is 19.9 Å². The van der Waals surface area contributed by atoms with Gasteiger partial charge in [0.05, 0.1) is 4.90 Å². The SMILES string of the molecule is CCNCc1ccc(Br)c(S(=O)(=O)NC2(C)CC2)c1. The number of nitrogens with one attached hydrogen (secondary N) is 2. The zero-order valence-corrected chi connectivity index (χ0v) is 13.6. The lowest BCUT2D eigenvalue weighted by Gasteiger charge is -2.14. The van der Waals surface area contributed by atoms with Gasteiger partial charge in [0, 0.05) is 16.6 Å². The Morgan fingerprint density at radius 2 is 2.05 bits per heavy atom. The van der Waals surface area contributed by atoms with E-state index in [0.717, 1.165) is 24.9 Å². The molecule has 0 atom stereocenters. The molecule has 0 spiro atoms. The lowest BCUT2D eigenvalue weighted by molar-refractivity contribution is 0.557. The van der Waals surface area contributed by atoms with Crippen LogP contribution in [0, 0.1) is 0 Å². The molecule has 1 saturated carbocycles. The van der Waals surface area contributed by atoms with Gasteiger partial charge in [0.25, 0.3) is 0 Å². The number of hydrogen-bond acceptors (Lipinski definition) is 3. The van der Waals surface area contributed by atoms with E-state index < -0.39 is 10.0 Å². The number of benzene rings is 1. The third kappa shape index (κ3) is 3.78. The van der Waals surface area contributed by atoms with Crippen LogP contribution in [0.5, 0.6) is 0 Å². The van der Waals surface area contributed by atoms with Crippen molar-refractivity contribution in [2.45, 2.75) is 43.7 Å². The average molecular weight is 347 g/mol. The highest BCUT2D eigenvalue weighted by Crippen LogP contribution is 2.36. The lowest BCUT2D eigenvalue weighted by atomic mass is 10.2. The van der Waals surface area contributed by atoms with Crippen LogP contribution in [-0.2, 0) is 16.6 Å². The molecule has 106 valence electrons. The molecular formula is C13H19BrN2O2S. The Kier molecular flexibility index (Phi) is 4.35. The number of sulfonamides is 1. The molecule has 1 aromatic carbocycles. The molecule has 4 nitrogen and oxygen atoms in total. The molecule has 0 radical (unpaired) electrons. The third-order valence-corrected chi connectivity index (χ3v) is 5.88. The first kappa shape index (κ1) is 15.0. The summed E-state index contributed by atoms with van der Waals surface area (Å²) in [4.78, 5) is 0.316. The fourth-order valence-electron chi connectivity index (χ4n) is 1.80. The second-order valence-corrected chi connectivity index (χ2v) is 7.72. The predicted octanol–water partition coefficient (Wildman–Crippen LogP) is 2.39. The van der Waals surface area contributed by atoms with Crippen LogP contribution in [0.1, 0.15) is 32.3 Å². The molecule has 2 rings (SSSR count). The largest absolute Gasteiger partial charge is 0.313 e. The zero-order chi connectivity index (χ0) is 14.1. The maximum absolute atomic E-state index is 12.4. The van der Waals surface area contributed by atoms with Crippen molar-refractivity contribution < 1.29 is 8.42 Å². The molecule has 0 bridgehead atoms. The summed E-state index contributed by atoms with van der Waals surface area (Å²) in [5.74, 6) is 0. The van der Waals surface area contributed by atoms with Crippen molar-refractivity contribution in [1.29, 1.82) is 0 Å². The van der Waals surface area contributed by atoms with Crippen molar-refractivity contribution in [3.05, 3.63) is 28.2 Å². The van der Waals surface area contributed by atoms with Crippen molar-refractivity contribution in [2.75, 3.05) is 6.54 Å². The number of halogens is 1. The van der Waals surface area contributed by atoms with Crippen LogP contribution < -0.4 is 10.0 Å². The van der Waals surface area contributed by atoms with Gasteiger partial charge in [0.2, 0.25) is 10.0 Å². The average Bonchev–Trinajstić information content (AvgIpc) is 3.04. The van der Waals surface area contributed by atoms with Gasteiger partial charge in [-0.15, -0.1) is 0 Å². The van der Waals surface area contributed by atoms with Crippen LogP contribution in [0.25, 0.3) is 0 Å². The van der Waals surface area contributed by atoms with Crippen molar-refractivity contribution in [2.24, 2.45) is 0 Å². The molecule has 19 heavy (non-hydrogen) atoms. The highest BCUT2D eigenvalue weighted by atomic mass is 79.9. The van der Waals surface area contributed by atoms with Crippen LogP contribution in [0.4, 0.5) is 0 Å². The van der Waals surface area contributed by atoms with E-state index in [2.05, 4.69) is 26.0 Å². The normalized spacial score (nSPS) is 17.4. The fourth-order valence-corrected chi connectivity index (χ4v) is 4.28. The molecule has 1 fully saturated rings. The summed E-state index contributed by atoms with van der Waals surface area (Å²) in [6.07, 6.45) is 1.81. The van der Waals surface area contributed by atoms with Gasteiger partial charge in [-0.25, -0.2) is 13.1 Å². The second kappa shape index (κ2) is 5.52. The van der Waals surface area contributed by atoms with E-state index in [0.29, 0.717) is 15.9 Å². The van der Waals surface area contributed by atoms with Crippen LogP contribution in [-0.4, -0.2) is 20.5 Å². The summed E-state index contributed by atoms with van der Waals surface area (Å²) >= 11 is 3.32. The van der Waals surface area contributed by atoms with Gasteiger partial charge in [-0.1, -0.05) is 13.0 Å². The summed E-state index contributed by atoms with van der Waals surface area (Å²) in [7, 11) is -3.46. The fraction of sp³-hybridized carbons (Fsp3) is 0.538. The molecule has 6 heteroatoms. The first-order chi connectivity index (χ1) is 8.86. The van der Waals surface area contributed by atoms with E-state index in [1.54, 1.807) is 12.1 Å². The van der Waals surface area contributed by atoms with Crippen molar-refractivity contribution in [3.8, 4) is 0 Å². The lowest BCUT2D eigenvalue weighted by Crippen LogP contribution is -2.34. The maximum atomic E-state index is 12.4. The van der Waals surface area contributed by atoms with E-state index in [9.17, 15) is 8.42 Å². The van der Waals surface area contributed by atoms with E-state index >= 15 is 0 Å². The van der Waals surface area contributed by atoms with E-state index in [1.165, 1.54) is 0 Å². The second-order valence-electron chi connectivity index (χ2n) is 5.21. The Morgan fingerprint density at radius 3 is 2.63 bits per heavy atom. The minimum absolute atomic E-state index is 0.254. The van der Waals surface area contributed by atoms with Crippen LogP contribution in [0.3, 0.4) is 0 Å². The molecule has 2 N–H and O–H groups in total. The summed E-state index contributed by atoms with van der Waals surface area (Å²) in [6.45, 7) is 5.48. The first-order valence-electron chi connectivity index (χ1n) is 6.39. The summed E-state index contributed by atoms with van der Waals surface area (Å²) in [5.41, 5.74) is 0.710. The summed E-state index contributed by atoms with van der Waals surface area (Å²) in [6, 6.07) is 5.43. The molecule has 0 aliphatic heterocycles. The Balaban J connectivity index is 2.26. The molecule has 0 unspecified atom stereocenters. The Morgan fingerprint density at radius 1 is 1.37 bits per heavy atom. The van der Waals surface area contributed by atoms with Crippen molar-refractivity contribution in [3.63, 3.8) is 0 Å². The number of hydrogen-bond donors (Lipinski definition) is 2. The Bertz CT molecular complexity index is 568. The molecule has 1 aliphatic rings. The van der Waals surface area contributed by atoms with Crippen molar-refractivity contribution in [1.82, 2.24) is 10.0 Å². The van der Waals surface area contributed by atoms with Gasteiger partial charge in [-0.3, -0.25) is 0 Å². The predicted molar refractivity (Wildman–Crippen MR) is 79.5 cm³/mol. The summed E-state index contributed by atoms with van der Waals surface area (Å²) < 4.78 is 28.1. The van der Waals surface area contributed by atoms with Crippen LogP contribution in [0.2, 0.25) is 0 Å². The summed E-state index contributed by atoms with van der Waals surface area (Å²) in [5, 5.41) is 3.19. The molecule has 0 amide bonds. The Hall–Kier alpha value is -0.430. The quantitative estimate of drug-likeness (QED) is 0.831. The highest BCUT2D eigenvalue weighted by molar-refractivity contribution is 9.10. The van der Waals surface area contributed by atoms with Gasteiger partial charge < -0.3 is 5.32 Å². The zero-order valence-electron chi connectivity index (χ0n) is 11.2. The van der Waals surface area contributed by atoms with E-state index in [-0.39, 0.29) is 5.54 Å². The van der Waals surface area contributed by atoms with Gasteiger partial charge in [-0.05, 0) is 59.9 Å². The molecule has 0 heterocycles. The van der Waals surface area contributed by atoms with Crippen LogP contribution >= 0.6 is 15.9 Å². The number of rotatable bonds is 6. The first-order valence-corrected chi connectivity index (χ1v) is 8.67. The highest BCUT2D eigenvalue weighted by Gasteiger charge is 2.41. The van der Waals surface area contributed by atoms with Crippen LogP contribution in [0.15, 0.2) is 27.6 Å². The van der Waals surface area contributed by atoms with Gasteiger partial charge >= 0.3 is 0 Å². The molecule has 1 aliphatic carbocycles. The van der Waals surface area contributed by atoms with Crippen molar-refractivity contribution >= 4 is 26.0 Å². The molecule has 0 aromatic heterocycles. The topological polar surface area (TPSA) is 58.2 Å². The van der Waals surface area contributed by atoms with Gasteiger partial charge in [0.1, 0.15) is 0 Å². The molecular weight excluding hydrogens is 328 g/mol. The Labute approximate surface area is 123 Å². The molecule has 0 saturated heterocycles. The van der Waals surface area contributed by atoms with Gasteiger partial charge in [0.15, 0.2) is 0 Å². The smallest absolute Gasteiger partial charge is 0.242 e. The standard InChI is InChI=1S/C13H19BrN2O2S/c1-3-15-9-10-4-5-11(14)12(8-10)19(17,18)16-13(2)6-7-13/h4-5,8,15-16H,3,6-7,9H2,1-2H3.